The van der Waals surface area contributed by atoms with E-state index in [2.05, 4.69) is 12.2 Å². The molecule has 1 aliphatic rings. The lowest BCUT2D eigenvalue weighted by Gasteiger charge is -2.26. The van der Waals surface area contributed by atoms with Gasteiger partial charge in [-0.1, -0.05) is 19.8 Å². The molecular formula is C12H24N2O. The van der Waals surface area contributed by atoms with Crippen molar-refractivity contribution >= 4 is 5.91 Å². The molecule has 2 unspecified atom stereocenters. The molecule has 0 aliphatic heterocycles. The van der Waals surface area contributed by atoms with Gasteiger partial charge in [0.05, 0.1) is 0 Å². The monoisotopic (exact) mass is 212 g/mol. The van der Waals surface area contributed by atoms with Crippen molar-refractivity contribution in [3.05, 3.63) is 0 Å². The van der Waals surface area contributed by atoms with Gasteiger partial charge in [0.1, 0.15) is 0 Å². The zero-order valence-electron chi connectivity index (χ0n) is 9.80. The quantitative estimate of drug-likeness (QED) is 0.730. The normalized spacial score (nSPS) is 26.3. The topological polar surface area (TPSA) is 55.1 Å². The van der Waals surface area contributed by atoms with Crippen LogP contribution in [0.1, 0.15) is 51.9 Å². The van der Waals surface area contributed by atoms with E-state index in [1.54, 1.807) is 0 Å². The summed E-state index contributed by atoms with van der Waals surface area (Å²) in [4.78, 5) is 11.4. The minimum atomic E-state index is 0.205. The second-order valence-electron chi connectivity index (χ2n) is 4.68. The van der Waals surface area contributed by atoms with Gasteiger partial charge in [-0.15, -0.1) is 0 Å². The van der Waals surface area contributed by atoms with Crippen LogP contribution >= 0.6 is 0 Å². The van der Waals surface area contributed by atoms with Gasteiger partial charge in [-0.2, -0.15) is 0 Å². The third kappa shape index (κ3) is 5.17. The lowest BCUT2D eigenvalue weighted by molar-refractivity contribution is -0.121. The molecule has 0 heterocycles. The predicted molar refractivity (Wildman–Crippen MR) is 62.5 cm³/mol. The highest BCUT2D eigenvalue weighted by Crippen LogP contribution is 2.26. The first-order valence-corrected chi connectivity index (χ1v) is 6.24. The molecule has 1 rings (SSSR count). The van der Waals surface area contributed by atoms with Crippen LogP contribution in [-0.2, 0) is 4.79 Å². The van der Waals surface area contributed by atoms with Gasteiger partial charge in [-0.05, 0) is 31.6 Å². The number of carbonyl (C=O) groups is 1. The molecule has 3 nitrogen and oxygen atoms in total. The van der Waals surface area contributed by atoms with E-state index in [0.717, 1.165) is 25.8 Å². The summed E-state index contributed by atoms with van der Waals surface area (Å²) >= 11 is 0. The van der Waals surface area contributed by atoms with Gasteiger partial charge in [-0.3, -0.25) is 4.79 Å². The van der Waals surface area contributed by atoms with E-state index < -0.39 is 0 Å². The lowest BCUT2D eigenvalue weighted by Crippen LogP contribution is -2.29. The molecule has 88 valence electrons. The van der Waals surface area contributed by atoms with Crippen molar-refractivity contribution in [1.29, 1.82) is 0 Å². The van der Waals surface area contributed by atoms with Gasteiger partial charge in [0.25, 0.3) is 0 Å². The summed E-state index contributed by atoms with van der Waals surface area (Å²) in [6, 6.07) is 0.377. The second kappa shape index (κ2) is 6.83. The average molecular weight is 212 g/mol. The van der Waals surface area contributed by atoms with Crippen LogP contribution in [-0.4, -0.2) is 18.5 Å². The van der Waals surface area contributed by atoms with Gasteiger partial charge in [-0.25, -0.2) is 0 Å². The lowest BCUT2D eigenvalue weighted by atomic mass is 9.83. The molecule has 0 saturated heterocycles. The fraction of sp³-hybridized carbons (Fsp3) is 0.917. The van der Waals surface area contributed by atoms with Crippen LogP contribution in [0.15, 0.2) is 0 Å². The zero-order valence-corrected chi connectivity index (χ0v) is 9.80. The van der Waals surface area contributed by atoms with Crippen LogP contribution in [0.4, 0.5) is 0 Å². The Morgan fingerprint density at radius 1 is 1.47 bits per heavy atom. The molecule has 0 spiro atoms. The highest BCUT2D eigenvalue weighted by Gasteiger charge is 2.19. The minimum Gasteiger partial charge on any atom is -0.356 e. The summed E-state index contributed by atoms with van der Waals surface area (Å²) in [5, 5.41) is 2.91. The smallest absolute Gasteiger partial charge is 0.220 e. The van der Waals surface area contributed by atoms with Gasteiger partial charge < -0.3 is 11.1 Å². The molecular weight excluding hydrogens is 188 g/mol. The van der Waals surface area contributed by atoms with Crippen molar-refractivity contribution in [2.24, 2.45) is 11.7 Å². The highest BCUT2D eigenvalue weighted by molar-refractivity contribution is 5.75. The molecule has 0 aromatic rings. The van der Waals surface area contributed by atoms with Crippen molar-refractivity contribution in [2.45, 2.75) is 57.9 Å². The maximum atomic E-state index is 11.4. The fourth-order valence-corrected chi connectivity index (χ4v) is 2.28. The molecule has 15 heavy (non-hydrogen) atoms. The van der Waals surface area contributed by atoms with Crippen LogP contribution in [0.5, 0.6) is 0 Å². The number of rotatable bonds is 5. The Hall–Kier alpha value is -0.570. The summed E-state index contributed by atoms with van der Waals surface area (Å²) in [6.45, 7) is 2.88. The van der Waals surface area contributed by atoms with Crippen molar-refractivity contribution in [2.75, 3.05) is 6.54 Å². The summed E-state index contributed by atoms with van der Waals surface area (Å²) in [6.07, 6.45) is 7.48. The van der Waals surface area contributed by atoms with Crippen LogP contribution < -0.4 is 11.1 Å². The fourth-order valence-electron chi connectivity index (χ4n) is 2.28. The minimum absolute atomic E-state index is 0.205. The zero-order chi connectivity index (χ0) is 11.1. The highest BCUT2D eigenvalue weighted by atomic mass is 16.1. The van der Waals surface area contributed by atoms with E-state index >= 15 is 0 Å². The van der Waals surface area contributed by atoms with Gasteiger partial charge in [0.2, 0.25) is 5.91 Å². The molecule has 1 amide bonds. The molecule has 0 aromatic carbocycles. The summed E-state index contributed by atoms with van der Waals surface area (Å²) in [5.74, 6) is 0.886. The number of amides is 1. The molecule has 1 aliphatic carbocycles. The molecule has 0 radical (unpaired) electrons. The van der Waals surface area contributed by atoms with Gasteiger partial charge >= 0.3 is 0 Å². The molecule has 3 heteroatoms. The Kier molecular flexibility index (Phi) is 5.69. The second-order valence-corrected chi connectivity index (χ2v) is 4.68. The number of nitrogens with two attached hydrogens (primary N) is 1. The third-order valence-corrected chi connectivity index (χ3v) is 3.18. The molecule has 3 N–H and O–H groups in total. The Labute approximate surface area is 92.8 Å². The predicted octanol–water partition coefficient (Wildman–Crippen LogP) is 1.81. The molecule has 1 saturated carbocycles. The average Bonchev–Trinajstić information content (AvgIpc) is 2.23. The summed E-state index contributed by atoms with van der Waals surface area (Å²) in [7, 11) is 0. The van der Waals surface area contributed by atoms with E-state index in [1.165, 1.54) is 19.3 Å². The molecule has 0 aromatic heterocycles. The van der Waals surface area contributed by atoms with E-state index in [1.807, 2.05) is 0 Å². The summed E-state index contributed by atoms with van der Waals surface area (Å²) < 4.78 is 0. The van der Waals surface area contributed by atoms with Gasteiger partial charge in [0.15, 0.2) is 0 Å². The van der Waals surface area contributed by atoms with Crippen LogP contribution in [0, 0.1) is 5.92 Å². The molecule has 1 fully saturated rings. The van der Waals surface area contributed by atoms with E-state index in [0.29, 0.717) is 18.4 Å². The number of hydrogen-bond donors (Lipinski definition) is 2. The van der Waals surface area contributed by atoms with E-state index in [-0.39, 0.29) is 5.91 Å². The largest absolute Gasteiger partial charge is 0.356 e. The van der Waals surface area contributed by atoms with Crippen molar-refractivity contribution < 1.29 is 4.79 Å². The Bertz CT molecular complexity index is 194. The van der Waals surface area contributed by atoms with Gasteiger partial charge in [0, 0.05) is 19.0 Å². The van der Waals surface area contributed by atoms with Crippen LogP contribution in [0.25, 0.3) is 0 Å². The molecule has 2 atom stereocenters. The maximum Gasteiger partial charge on any atom is 0.220 e. The van der Waals surface area contributed by atoms with Crippen molar-refractivity contribution in [1.82, 2.24) is 5.32 Å². The number of hydrogen-bond acceptors (Lipinski definition) is 2. The first kappa shape index (κ1) is 12.5. The third-order valence-electron chi connectivity index (χ3n) is 3.18. The van der Waals surface area contributed by atoms with Crippen LogP contribution in [0.2, 0.25) is 0 Å². The first-order chi connectivity index (χ1) is 7.22. The Balaban J connectivity index is 2.10. The maximum absolute atomic E-state index is 11.4. The van der Waals surface area contributed by atoms with E-state index in [9.17, 15) is 4.79 Å². The van der Waals surface area contributed by atoms with Crippen LogP contribution in [0.3, 0.4) is 0 Å². The molecule has 0 bridgehead atoms. The van der Waals surface area contributed by atoms with E-state index in [4.69, 9.17) is 5.73 Å². The Morgan fingerprint density at radius 2 is 2.27 bits per heavy atom. The number of nitrogens with one attached hydrogen (secondary N) is 1. The Morgan fingerprint density at radius 3 is 2.93 bits per heavy atom. The first-order valence-electron chi connectivity index (χ1n) is 6.24. The number of carbonyl (C=O) groups excluding carboxylic acids is 1. The SMILES string of the molecule is CCCNC(=O)CCC1CCCC(N)C1. The summed E-state index contributed by atoms with van der Waals surface area (Å²) in [5.41, 5.74) is 5.91. The van der Waals surface area contributed by atoms with Crippen molar-refractivity contribution in [3.8, 4) is 0 Å². The van der Waals surface area contributed by atoms with Crippen molar-refractivity contribution in [3.63, 3.8) is 0 Å². The standard InChI is InChI=1S/C12H24N2O/c1-2-8-14-12(15)7-6-10-4-3-5-11(13)9-10/h10-11H,2-9,13H2,1H3,(H,14,15).